The van der Waals surface area contributed by atoms with Crippen molar-refractivity contribution in [3.63, 3.8) is 0 Å². The van der Waals surface area contributed by atoms with Crippen molar-refractivity contribution in [2.24, 2.45) is 17.8 Å². The van der Waals surface area contributed by atoms with Gasteiger partial charge in [0.1, 0.15) is 0 Å². The third kappa shape index (κ3) is 5.82. The van der Waals surface area contributed by atoms with Crippen molar-refractivity contribution in [1.82, 2.24) is 0 Å². The summed E-state index contributed by atoms with van der Waals surface area (Å²) in [6.07, 6.45) is 2.97. The van der Waals surface area contributed by atoms with Gasteiger partial charge in [0.2, 0.25) is 0 Å². The Labute approximate surface area is 200 Å². The Morgan fingerprint density at radius 2 is 1.42 bits per heavy atom. The van der Waals surface area contributed by atoms with Crippen molar-refractivity contribution in [1.29, 1.82) is 0 Å². The van der Waals surface area contributed by atoms with Crippen molar-refractivity contribution in [3.8, 4) is 0 Å². The molecule has 1 saturated carbocycles. The van der Waals surface area contributed by atoms with Crippen molar-refractivity contribution in [2.45, 2.75) is 52.0 Å². The molecule has 0 saturated heterocycles. The second-order valence-corrected chi connectivity index (χ2v) is 12.7. The van der Waals surface area contributed by atoms with Gasteiger partial charge in [0.05, 0.1) is 6.10 Å². The smallest absolute Gasteiger partial charge is 0.264 e. The van der Waals surface area contributed by atoms with E-state index in [1.54, 1.807) is 0 Å². The van der Waals surface area contributed by atoms with Gasteiger partial charge in [-0.2, -0.15) is 0 Å². The molecule has 1 fully saturated rings. The van der Waals surface area contributed by atoms with Gasteiger partial charge in [-0.1, -0.05) is 39.3 Å². The average Bonchev–Trinajstić information content (AvgIpc) is 2.78. The van der Waals surface area contributed by atoms with Crippen molar-refractivity contribution < 1.29 is 14.2 Å². The second-order valence-electron chi connectivity index (χ2n) is 10.3. The van der Waals surface area contributed by atoms with Gasteiger partial charge < -0.3 is 19.4 Å². The Morgan fingerprint density at radius 3 is 1.91 bits per heavy atom. The van der Waals surface area contributed by atoms with Crippen LogP contribution < -0.4 is 15.1 Å². The highest BCUT2D eigenvalue weighted by Gasteiger charge is 2.42. The number of aliphatic hydroxyl groups excluding tert-OH is 1. The highest BCUT2D eigenvalue weighted by Crippen LogP contribution is 2.60. The molecular formula is C27H41N2O3P. The van der Waals surface area contributed by atoms with Crippen LogP contribution in [0.1, 0.15) is 51.4 Å². The molecule has 0 radical (unpaired) electrons. The van der Waals surface area contributed by atoms with Gasteiger partial charge in [0.15, 0.2) is 5.85 Å². The first-order chi connectivity index (χ1) is 15.5. The summed E-state index contributed by atoms with van der Waals surface area (Å²) in [6, 6.07) is 15.2. The minimum absolute atomic E-state index is 0.135. The van der Waals surface area contributed by atoms with Gasteiger partial charge in [0.25, 0.3) is 7.37 Å². The van der Waals surface area contributed by atoms with Crippen LogP contribution in [-0.2, 0) is 9.09 Å². The molecule has 0 unspecified atom stereocenters. The first-order valence-corrected chi connectivity index (χ1v) is 13.7. The van der Waals surface area contributed by atoms with E-state index in [4.69, 9.17) is 4.52 Å². The zero-order chi connectivity index (χ0) is 24.3. The molecule has 6 heteroatoms. The molecule has 0 aliphatic heterocycles. The number of rotatable bonds is 8. The standard InChI is InChI=1S/C27H41N2O3P/c1-19(2)25-17-8-20(3)18-26(25)32-33(31,24-15-13-23(14-16-24)29(6)7)27(30)21-9-11-22(12-10-21)28(4)5/h9-16,19-20,25-27,30H,8,17-18H2,1-7H3/t20-,25+,26-,27+,33+/m1/s1. The van der Waals surface area contributed by atoms with E-state index in [1.807, 2.05) is 86.5 Å². The van der Waals surface area contributed by atoms with Crippen molar-refractivity contribution in [2.75, 3.05) is 38.0 Å². The fraction of sp³-hybridized carbons (Fsp3) is 0.556. The Morgan fingerprint density at radius 1 is 0.909 bits per heavy atom. The van der Waals surface area contributed by atoms with E-state index in [9.17, 15) is 9.67 Å². The number of benzene rings is 2. The summed E-state index contributed by atoms with van der Waals surface area (Å²) in [7, 11) is 4.28. The van der Waals surface area contributed by atoms with Gasteiger partial charge in [-0.05, 0) is 72.6 Å². The first kappa shape index (κ1) is 25.8. The lowest BCUT2D eigenvalue weighted by atomic mass is 9.75. The maximum Gasteiger partial charge on any atom is 0.264 e. The SMILES string of the molecule is CC(C)[C@@H]1CC[C@@H](C)C[C@H]1O[P@@](=O)(c1ccc(N(C)C)cc1)[C@H](O)c1ccc(N(C)C)cc1. The van der Waals surface area contributed by atoms with Crippen LogP contribution in [0.3, 0.4) is 0 Å². The predicted molar refractivity (Wildman–Crippen MR) is 140 cm³/mol. The van der Waals surface area contributed by atoms with E-state index < -0.39 is 13.2 Å². The molecule has 2 aromatic rings. The molecule has 0 amide bonds. The third-order valence-corrected chi connectivity index (χ3v) is 9.55. The summed E-state index contributed by atoms with van der Waals surface area (Å²) in [5.74, 6) is 0.0672. The number of hydrogen-bond donors (Lipinski definition) is 1. The molecule has 1 aliphatic carbocycles. The monoisotopic (exact) mass is 472 g/mol. The quantitative estimate of drug-likeness (QED) is 0.486. The Bertz CT molecular complexity index is 941. The molecule has 1 N–H and O–H groups in total. The maximum absolute atomic E-state index is 14.7. The molecule has 3 rings (SSSR count). The molecule has 0 bridgehead atoms. The number of hydrogen-bond acceptors (Lipinski definition) is 5. The molecule has 33 heavy (non-hydrogen) atoms. The van der Waals surface area contributed by atoms with Crippen LogP contribution in [0.4, 0.5) is 11.4 Å². The van der Waals surface area contributed by atoms with E-state index in [-0.39, 0.29) is 6.10 Å². The molecular weight excluding hydrogens is 431 g/mol. The predicted octanol–water partition coefficient (Wildman–Crippen LogP) is 5.89. The van der Waals surface area contributed by atoms with Gasteiger partial charge >= 0.3 is 0 Å². The number of aliphatic hydroxyl groups is 1. The van der Waals surface area contributed by atoms with Crippen LogP contribution >= 0.6 is 7.37 Å². The highest BCUT2D eigenvalue weighted by molar-refractivity contribution is 7.67. The summed E-state index contributed by atoms with van der Waals surface area (Å²) in [6.45, 7) is 6.66. The van der Waals surface area contributed by atoms with Crippen LogP contribution in [0.25, 0.3) is 0 Å². The highest BCUT2D eigenvalue weighted by atomic mass is 31.2. The van der Waals surface area contributed by atoms with Gasteiger partial charge in [-0.3, -0.25) is 4.57 Å². The number of anilines is 2. The van der Waals surface area contributed by atoms with E-state index >= 15 is 0 Å². The molecule has 2 aromatic carbocycles. The van der Waals surface area contributed by atoms with E-state index in [0.717, 1.165) is 24.2 Å². The van der Waals surface area contributed by atoms with Crippen LogP contribution in [0.15, 0.2) is 48.5 Å². The summed E-state index contributed by atoms with van der Waals surface area (Å²) in [5.41, 5.74) is 2.66. The zero-order valence-corrected chi connectivity index (χ0v) is 22.1. The lowest BCUT2D eigenvalue weighted by Gasteiger charge is -2.40. The van der Waals surface area contributed by atoms with Crippen molar-refractivity contribution >= 4 is 24.0 Å². The minimum Gasteiger partial charge on any atom is -0.378 e. The van der Waals surface area contributed by atoms with E-state index in [2.05, 4.69) is 20.8 Å². The Balaban J connectivity index is 2.02. The number of nitrogens with zero attached hydrogens (tertiary/aromatic N) is 2. The molecule has 182 valence electrons. The normalized spacial score (nSPS) is 23.7. The molecule has 0 aromatic heterocycles. The van der Waals surface area contributed by atoms with Gasteiger partial charge in [-0.15, -0.1) is 0 Å². The molecule has 0 spiro atoms. The average molecular weight is 473 g/mol. The first-order valence-electron chi connectivity index (χ1n) is 12.0. The fourth-order valence-electron chi connectivity index (χ4n) is 4.80. The molecule has 5 atom stereocenters. The summed E-state index contributed by atoms with van der Waals surface area (Å²) >= 11 is 0. The Kier molecular flexibility index (Phi) is 8.31. The summed E-state index contributed by atoms with van der Waals surface area (Å²) in [5, 5.41) is 12.1. The maximum atomic E-state index is 14.7. The van der Waals surface area contributed by atoms with Crippen molar-refractivity contribution in [3.05, 3.63) is 54.1 Å². The lowest BCUT2D eigenvalue weighted by molar-refractivity contribution is 0.0427. The molecule has 1 aliphatic rings. The minimum atomic E-state index is -3.62. The van der Waals surface area contributed by atoms with Crippen LogP contribution in [0.5, 0.6) is 0 Å². The van der Waals surface area contributed by atoms with Gasteiger partial charge in [0, 0.05) is 44.9 Å². The van der Waals surface area contributed by atoms with Crippen LogP contribution in [0, 0.1) is 17.8 Å². The third-order valence-electron chi connectivity index (χ3n) is 7.01. The molecule has 5 nitrogen and oxygen atoms in total. The fourth-order valence-corrected chi connectivity index (χ4v) is 7.09. The molecule has 0 heterocycles. The lowest BCUT2D eigenvalue weighted by Crippen LogP contribution is -2.35. The largest absolute Gasteiger partial charge is 0.378 e. The zero-order valence-electron chi connectivity index (χ0n) is 21.2. The van der Waals surface area contributed by atoms with Crippen LogP contribution in [0.2, 0.25) is 0 Å². The van der Waals surface area contributed by atoms with Crippen LogP contribution in [-0.4, -0.2) is 39.4 Å². The van der Waals surface area contributed by atoms with E-state index in [1.165, 1.54) is 6.42 Å². The summed E-state index contributed by atoms with van der Waals surface area (Å²) in [4.78, 5) is 4.01. The van der Waals surface area contributed by atoms with E-state index in [0.29, 0.717) is 28.6 Å². The van der Waals surface area contributed by atoms with Gasteiger partial charge in [-0.25, -0.2) is 0 Å². The topological polar surface area (TPSA) is 53.0 Å². The second kappa shape index (κ2) is 10.6. The Hall–Kier alpha value is -1.81. The summed E-state index contributed by atoms with van der Waals surface area (Å²) < 4.78 is 21.2.